The second kappa shape index (κ2) is 10.8. The Labute approximate surface area is 208 Å². The Morgan fingerprint density at radius 2 is 1.66 bits per heavy atom. The molecule has 0 aromatic heterocycles. The quantitative estimate of drug-likeness (QED) is 0.614. The number of morpholine rings is 1. The number of carbonyl (C=O) groups excluding carboxylic acids is 1. The molecule has 1 amide bonds. The van der Waals surface area contributed by atoms with Gasteiger partial charge in [-0.2, -0.15) is 4.31 Å². The van der Waals surface area contributed by atoms with Crippen LogP contribution in [0.2, 0.25) is 0 Å². The van der Waals surface area contributed by atoms with Crippen molar-refractivity contribution in [3.63, 3.8) is 0 Å². The van der Waals surface area contributed by atoms with Crippen molar-refractivity contribution in [3.05, 3.63) is 65.2 Å². The van der Waals surface area contributed by atoms with Gasteiger partial charge in [0.05, 0.1) is 18.1 Å². The Hall–Kier alpha value is -2.26. The molecule has 3 aliphatic rings. The van der Waals surface area contributed by atoms with E-state index in [1.807, 2.05) is 23.1 Å². The minimum Gasteiger partial charge on any atom is -0.379 e. The molecule has 0 atom stereocenters. The second-order valence-electron chi connectivity index (χ2n) is 9.86. The van der Waals surface area contributed by atoms with Gasteiger partial charge in [-0.3, -0.25) is 9.69 Å². The number of piperidine rings is 1. The van der Waals surface area contributed by atoms with Crippen molar-refractivity contribution in [1.82, 2.24) is 14.1 Å². The summed E-state index contributed by atoms with van der Waals surface area (Å²) in [5, 5.41) is 0. The zero-order valence-electron chi connectivity index (χ0n) is 20.3. The van der Waals surface area contributed by atoms with Crippen molar-refractivity contribution in [3.8, 4) is 0 Å². The number of fused-ring (bicyclic) bond motifs is 1. The van der Waals surface area contributed by atoms with E-state index in [1.54, 1.807) is 24.3 Å². The largest absolute Gasteiger partial charge is 0.379 e. The zero-order valence-corrected chi connectivity index (χ0v) is 21.1. The van der Waals surface area contributed by atoms with Crippen LogP contribution in [-0.4, -0.2) is 80.9 Å². The van der Waals surface area contributed by atoms with Gasteiger partial charge in [0.15, 0.2) is 0 Å². The Kier molecular flexibility index (Phi) is 7.53. The first-order valence-electron chi connectivity index (χ1n) is 12.8. The maximum Gasteiger partial charge on any atom is 0.253 e. The van der Waals surface area contributed by atoms with Crippen LogP contribution in [-0.2, 0) is 27.7 Å². The van der Waals surface area contributed by atoms with E-state index >= 15 is 0 Å². The van der Waals surface area contributed by atoms with E-state index in [4.69, 9.17) is 4.74 Å². The van der Waals surface area contributed by atoms with E-state index in [2.05, 4.69) is 11.0 Å². The van der Waals surface area contributed by atoms with E-state index in [9.17, 15) is 13.2 Å². The first kappa shape index (κ1) is 24.4. The lowest BCUT2D eigenvalue weighted by molar-refractivity contribution is 0.0332. The maximum absolute atomic E-state index is 13.4. The summed E-state index contributed by atoms with van der Waals surface area (Å²) in [5.41, 5.74) is 2.71. The number of amides is 1. The average molecular weight is 498 g/mol. The van der Waals surface area contributed by atoms with E-state index in [0.29, 0.717) is 31.0 Å². The van der Waals surface area contributed by atoms with Crippen LogP contribution in [0.1, 0.15) is 40.7 Å². The highest BCUT2D eigenvalue weighted by Crippen LogP contribution is 2.27. The summed E-state index contributed by atoms with van der Waals surface area (Å²) in [6, 6.07) is 14.6. The number of hydrogen-bond acceptors (Lipinski definition) is 5. The third-order valence-corrected chi connectivity index (χ3v) is 9.51. The van der Waals surface area contributed by atoms with Crippen molar-refractivity contribution in [2.75, 3.05) is 52.5 Å². The fourth-order valence-corrected chi connectivity index (χ4v) is 6.88. The SMILES string of the molecule is O=C(c1cccc(S(=O)(=O)N2CCc3ccccc3C2)c1)N1CCC(CCN2CCOCC2)CC1. The molecule has 188 valence electrons. The van der Waals surface area contributed by atoms with Crippen LogP contribution >= 0.6 is 0 Å². The second-order valence-corrected chi connectivity index (χ2v) is 11.8. The molecule has 5 rings (SSSR count). The summed E-state index contributed by atoms with van der Waals surface area (Å²) >= 11 is 0. The fraction of sp³-hybridized carbons (Fsp3) is 0.519. The van der Waals surface area contributed by atoms with Crippen molar-refractivity contribution >= 4 is 15.9 Å². The minimum atomic E-state index is -3.67. The molecule has 2 aromatic rings. The number of rotatable bonds is 6. The normalized spacial score (nSPS) is 20.5. The highest BCUT2D eigenvalue weighted by atomic mass is 32.2. The van der Waals surface area contributed by atoms with Crippen LogP contribution in [0.5, 0.6) is 0 Å². The molecule has 0 radical (unpaired) electrons. The molecular formula is C27H35N3O4S. The molecule has 0 unspecified atom stereocenters. The van der Waals surface area contributed by atoms with Crippen LogP contribution in [0.4, 0.5) is 0 Å². The molecule has 0 saturated carbocycles. The van der Waals surface area contributed by atoms with Crippen molar-refractivity contribution in [2.45, 2.75) is 37.1 Å². The van der Waals surface area contributed by atoms with Crippen LogP contribution in [0, 0.1) is 5.92 Å². The number of carbonyl (C=O) groups is 1. The number of nitrogens with zero attached hydrogens (tertiary/aromatic N) is 3. The molecule has 8 heteroatoms. The molecule has 2 saturated heterocycles. The number of sulfonamides is 1. The molecule has 3 heterocycles. The van der Waals surface area contributed by atoms with Crippen molar-refractivity contribution in [1.29, 1.82) is 0 Å². The van der Waals surface area contributed by atoms with Gasteiger partial charge in [0.2, 0.25) is 10.0 Å². The highest BCUT2D eigenvalue weighted by molar-refractivity contribution is 7.89. The molecule has 2 aromatic carbocycles. The predicted octanol–water partition coefficient (Wildman–Crippen LogP) is 3.01. The third-order valence-electron chi connectivity index (χ3n) is 7.67. The van der Waals surface area contributed by atoms with Gasteiger partial charge < -0.3 is 9.64 Å². The summed E-state index contributed by atoms with van der Waals surface area (Å²) in [4.78, 5) is 17.8. The van der Waals surface area contributed by atoms with Gasteiger partial charge in [-0.25, -0.2) is 8.42 Å². The molecule has 0 N–H and O–H groups in total. The molecule has 2 fully saturated rings. The zero-order chi connectivity index (χ0) is 24.3. The summed E-state index contributed by atoms with van der Waals surface area (Å²) < 4.78 is 33.7. The van der Waals surface area contributed by atoms with Crippen molar-refractivity contribution in [2.24, 2.45) is 5.92 Å². The van der Waals surface area contributed by atoms with E-state index < -0.39 is 10.0 Å². The van der Waals surface area contributed by atoms with Gasteiger partial charge in [0, 0.05) is 44.8 Å². The van der Waals surface area contributed by atoms with Gasteiger partial charge in [-0.05, 0) is 67.5 Å². The molecule has 0 bridgehead atoms. The summed E-state index contributed by atoms with van der Waals surface area (Å²) in [6.07, 6.45) is 3.87. The lowest BCUT2D eigenvalue weighted by Gasteiger charge is -2.34. The summed E-state index contributed by atoms with van der Waals surface area (Å²) in [7, 11) is -3.67. The minimum absolute atomic E-state index is 0.0716. The number of benzene rings is 2. The Morgan fingerprint density at radius 1 is 0.914 bits per heavy atom. The summed E-state index contributed by atoms with van der Waals surface area (Å²) in [5.74, 6) is 0.563. The van der Waals surface area contributed by atoms with Crippen LogP contribution in [0.3, 0.4) is 0 Å². The van der Waals surface area contributed by atoms with Crippen LogP contribution < -0.4 is 0 Å². The Balaban J connectivity index is 1.19. The molecule has 3 aliphatic heterocycles. The maximum atomic E-state index is 13.4. The molecule has 0 aliphatic carbocycles. The molecule has 7 nitrogen and oxygen atoms in total. The highest BCUT2D eigenvalue weighted by Gasteiger charge is 2.30. The molecule has 0 spiro atoms. The van der Waals surface area contributed by atoms with Gasteiger partial charge >= 0.3 is 0 Å². The van der Waals surface area contributed by atoms with E-state index in [-0.39, 0.29) is 10.8 Å². The first-order valence-corrected chi connectivity index (χ1v) is 14.2. The Morgan fingerprint density at radius 3 is 2.43 bits per heavy atom. The van der Waals surface area contributed by atoms with Gasteiger partial charge in [-0.1, -0.05) is 30.3 Å². The molecule has 35 heavy (non-hydrogen) atoms. The number of likely N-dealkylation sites (tertiary alicyclic amines) is 1. The van der Waals surface area contributed by atoms with Crippen LogP contribution in [0.15, 0.2) is 53.4 Å². The number of hydrogen-bond donors (Lipinski definition) is 0. The van der Waals surface area contributed by atoms with Gasteiger partial charge in [-0.15, -0.1) is 0 Å². The predicted molar refractivity (Wildman–Crippen MR) is 135 cm³/mol. The lowest BCUT2D eigenvalue weighted by Crippen LogP contribution is -2.41. The Bertz CT molecular complexity index is 1140. The average Bonchev–Trinajstić information content (AvgIpc) is 2.92. The smallest absolute Gasteiger partial charge is 0.253 e. The van der Waals surface area contributed by atoms with E-state index in [0.717, 1.165) is 70.8 Å². The van der Waals surface area contributed by atoms with Crippen molar-refractivity contribution < 1.29 is 17.9 Å². The fourth-order valence-electron chi connectivity index (χ4n) is 5.41. The lowest BCUT2D eigenvalue weighted by atomic mass is 9.93. The van der Waals surface area contributed by atoms with Crippen LogP contribution in [0.25, 0.3) is 0 Å². The van der Waals surface area contributed by atoms with E-state index in [1.165, 1.54) is 9.87 Å². The van der Waals surface area contributed by atoms with Gasteiger partial charge in [0.25, 0.3) is 5.91 Å². The molecular weight excluding hydrogens is 462 g/mol. The third kappa shape index (κ3) is 5.61. The first-order chi connectivity index (χ1) is 17.0. The summed E-state index contributed by atoms with van der Waals surface area (Å²) in [6.45, 7) is 7.06. The van der Waals surface area contributed by atoms with Gasteiger partial charge in [0.1, 0.15) is 0 Å². The topological polar surface area (TPSA) is 70.2 Å². The monoisotopic (exact) mass is 497 g/mol. The standard InChI is InChI=1S/C27H35N3O4S/c31-27(29-13-9-22(10-14-29)8-12-28-16-18-34-19-17-28)24-6-3-7-26(20-24)35(32,33)30-15-11-23-4-1-2-5-25(23)21-30/h1-7,20,22H,8-19,21H2. The number of ether oxygens (including phenoxy) is 1.